The molecule has 0 heterocycles. The van der Waals surface area contributed by atoms with Crippen molar-refractivity contribution in [2.24, 2.45) is 5.10 Å². The van der Waals surface area contributed by atoms with Gasteiger partial charge in [-0.05, 0) is 35.9 Å². The molecule has 0 fully saturated rings. The van der Waals surface area contributed by atoms with Gasteiger partial charge in [0, 0.05) is 5.02 Å². The Morgan fingerprint density at radius 2 is 1.59 bits per heavy atom. The molecule has 0 amide bonds. The fraction of sp³-hybridized carbons (Fsp3) is 0.133. The van der Waals surface area contributed by atoms with Gasteiger partial charge in [-0.3, -0.25) is 5.43 Å². The van der Waals surface area contributed by atoms with Crippen molar-refractivity contribution in [2.45, 2.75) is 0 Å². The zero-order valence-corrected chi connectivity index (χ0v) is 14.1. The molecule has 0 saturated carbocycles. The van der Waals surface area contributed by atoms with E-state index in [-0.39, 0.29) is 0 Å². The van der Waals surface area contributed by atoms with E-state index < -0.39 is 0 Å². The number of anilines is 1. The van der Waals surface area contributed by atoms with Gasteiger partial charge in [0.05, 0.1) is 36.2 Å². The Hall–Kier alpha value is -1.62. The number of hydrogen-bond acceptors (Lipinski definition) is 4. The molecular formula is C15H13Cl3N2O2. The fourth-order valence-electron chi connectivity index (χ4n) is 1.75. The van der Waals surface area contributed by atoms with Gasteiger partial charge < -0.3 is 9.47 Å². The lowest BCUT2D eigenvalue weighted by molar-refractivity contribution is 0.355. The van der Waals surface area contributed by atoms with Crippen LogP contribution < -0.4 is 14.9 Å². The Labute approximate surface area is 143 Å². The number of hydrogen-bond donors (Lipinski definition) is 1. The third kappa shape index (κ3) is 3.97. The van der Waals surface area contributed by atoms with E-state index in [0.29, 0.717) is 32.3 Å². The molecule has 0 saturated heterocycles. The second kappa shape index (κ2) is 7.58. The van der Waals surface area contributed by atoms with Crippen LogP contribution in [0, 0.1) is 0 Å². The lowest BCUT2D eigenvalue weighted by Gasteiger charge is -2.08. The number of nitrogens with zero attached hydrogens (tertiary/aromatic N) is 1. The second-order valence-corrected chi connectivity index (χ2v) is 5.48. The Morgan fingerprint density at radius 3 is 2.18 bits per heavy atom. The molecule has 0 radical (unpaired) electrons. The van der Waals surface area contributed by atoms with Crippen LogP contribution in [0.5, 0.6) is 11.5 Å². The maximum absolute atomic E-state index is 6.06. The smallest absolute Gasteiger partial charge is 0.161 e. The Balaban J connectivity index is 2.16. The summed E-state index contributed by atoms with van der Waals surface area (Å²) in [6.07, 6.45) is 1.61. The van der Waals surface area contributed by atoms with Crippen molar-refractivity contribution in [1.82, 2.24) is 0 Å². The van der Waals surface area contributed by atoms with E-state index in [0.717, 1.165) is 5.56 Å². The maximum Gasteiger partial charge on any atom is 0.161 e. The van der Waals surface area contributed by atoms with Gasteiger partial charge in [-0.2, -0.15) is 5.10 Å². The highest BCUT2D eigenvalue weighted by molar-refractivity contribution is 6.41. The van der Waals surface area contributed by atoms with Gasteiger partial charge >= 0.3 is 0 Å². The third-order valence-electron chi connectivity index (χ3n) is 2.80. The minimum Gasteiger partial charge on any atom is -0.493 e. The van der Waals surface area contributed by atoms with Gasteiger partial charge in [-0.25, -0.2) is 0 Å². The summed E-state index contributed by atoms with van der Waals surface area (Å²) in [4.78, 5) is 0. The van der Waals surface area contributed by atoms with Crippen LogP contribution >= 0.6 is 34.8 Å². The summed E-state index contributed by atoms with van der Waals surface area (Å²) in [6, 6.07) is 8.61. The third-order valence-corrected chi connectivity index (χ3v) is 3.62. The molecule has 0 atom stereocenters. The molecule has 22 heavy (non-hydrogen) atoms. The highest BCUT2D eigenvalue weighted by atomic mass is 35.5. The first kappa shape index (κ1) is 16.7. The summed E-state index contributed by atoms with van der Waals surface area (Å²) in [7, 11) is 3.15. The van der Waals surface area contributed by atoms with E-state index in [1.54, 1.807) is 44.7 Å². The van der Waals surface area contributed by atoms with Crippen LogP contribution in [0.15, 0.2) is 35.4 Å². The Kier molecular flexibility index (Phi) is 5.77. The van der Waals surface area contributed by atoms with Crippen LogP contribution in [0.4, 0.5) is 5.69 Å². The molecule has 0 bridgehead atoms. The van der Waals surface area contributed by atoms with Crippen molar-refractivity contribution in [2.75, 3.05) is 19.6 Å². The summed E-state index contributed by atoms with van der Waals surface area (Å²) in [5.41, 5.74) is 4.11. The molecule has 116 valence electrons. The standard InChI is InChI=1S/C15H13Cl3N2O2/c1-21-13-4-3-9(5-14(13)22-2)8-19-20-15-11(17)6-10(16)7-12(15)18/h3-8,20H,1-2H3. The number of rotatable bonds is 5. The molecule has 0 aromatic heterocycles. The predicted octanol–water partition coefficient (Wildman–Crippen LogP) is 5.11. The zero-order valence-electron chi connectivity index (χ0n) is 11.9. The molecule has 0 aliphatic carbocycles. The number of benzene rings is 2. The van der Waals surface area contributed by atoms with Gasteiger partial charge in [0.1, 0.15) is 0 Å². The average Bonchev–Trinajstić information content (AvgIpc) is 2.49. The first-order valence-electron chi connectivity index (χ1n) is 6.20. The molecular weight excluding hydrogens is 347 g/mol. The van der Waals surface area contributed by atoms with Crippen LogP contribution in [0.3, 0.4) is 0 Å². The molecule has 2 aromatic rings. The topological polar surface area (TPSA) is 42.8 Å². The minimum absolute atomic E-state index is 0.391. The first-order valence-corrected chi connectivity index (χ1v) is 7.34. The van der Waals surface area contributed by atoms with Crippen molar-refractivity contribution in [3.8, 4) is 11.5 Å². The highest BCUT2D eigenvalue weighted by Crippen LogP contribution is 2.33. The SMILES string of the molecule is COc1ccc(C=NNc2c(Cl)cc(Cl)cc2Cl)cc1OC. The summed E-state index contributed by atoms with van der Waals surface area (Å²) in [5.74, 6) is 1.27. The predicted molar refractivity (Wildman–Crippen MR) is 92.2 cm³/mol. The molecule has 0 unspecified atom stereocenters. The molecule has 0 spiro atoms. The molecule has 7 heteroatoms. The molecule has 0 aliphatic heterocycles. The van der Waals surface area contributed by atoms with E-state index in [1.807, 2.05) is 6.07 Å². The number of halogens is 3. The first-order chi connectivity index (χ1) is 10.5. The van der Waals surface area contributed by atoms with Gasteiger partial charge in [0.25, 0.3) is 0 Å². The zero-order chi connectivity index (χ0) is 16.1. The van der Waals surface area contributed by atoms with Crippen molar-refractivity contribution in [1.29, 1.82) is 0 Å². The van der Waals surface area contributed by atoms with Gasteiger partial charge in [0.2, 0.25) is 0 Å². The maximum atomic E-state index is 6.06. The van der Waals surface area contributed by atoms with Crippen molar-refractivity contribution in [3.05, 3.63) is 51.0 Å². The van der Waals surface area contributed by atoms with Crippen LogP contribution in [0.1, 0.15) is 5.56 Å². The number of nitrogens with one attached hydrogen (secondary N) is 1. The van der Waals surface area contributed by atoms with Gasteiger partial charge in [-0.1, -0.05) is 34.8 Å². The minimum atomic E-state index is 0.391. The molecule has 0 aliphatic rings. The normalized spacial score (nSPS) is 10.8. The van der Waals surface area contributed by atoms with Crippen molar-refractivity contribution < 1.29 is 9.47 Å². The summed E-state index contributed by atoms with van der Waals surface area (Å²) in [5, 5.41) is 5.35. The number of hydrazone groups is 1. The molecule has 2 rings (SSSR count). The Morgan fingerprint density at radius 1 is 0.955 bits per heavy atom. The quantitative estimate of drug-likeness (QED) is 0.596. The van der Waals surface area contributed by atoms with Crippen LogP contribution in [-0.2, 0) is 0 Å². The van der Waals surface area contributed by atoms with Gasteiger partial charge in [-0.15, -0.1) is 0 Å². The molecule has 2 aromatic carbocycles. The second-order valence-electron chi connectivity index (χ2n) is 4.23. The van der Waals surface area contributed by atoms with E-state index in [1.165, 1.54) is 0 Å². The van der Waals surface area contributed by atoms with E-state index in [9.17, 15) is 0 Å². The fourth-order valence-corrected chi connectivity index (χ4v) is 2.65. The van der Waals surface area contributed by atoms with Crippen LogP contribution in [0.2, 0.25) is 15.1 Å². The van der Waals surface area contributed by atoms with Crippen LogP contribution in [0.25, 0.3) is 0 Å². The van der Waals surface area contributed by atoms with Crippen LogP contribution in [-0.4, -0.2) is 20.4 Å². The number of methoxy groups -OCH3 is 2. The Bertz CT molecular complexity index is 682. The van der Waals surface area contributed by atoms with E-state index in [2.05, 4.69) is 10.5 Å². The lowest BCUT2D eigenvalue weighted by Crippen LogP contribution is -1.95. The van der Waals surface area contributed by atoms with E-state index in [4.69, 9.17) is 44.3 Å². The monoisotopic (exact) mass is 358 g/mol. The summed E-state index contributed by atoms with van der Waals surface area (Å²) in [6.45, 7) is 0. The summed E-state index contributed by atoms with van der Waals surface area (Å²) >= 11 is 18.0. The van der Waals surface area contributed by atoms with Gasteiger partial charge in [0.15, 0.2) is 11.5 Å². The molecule has 4 nitrogen and oxygen atoms in total. The lowest BCUT2D eigenvalue weighted by atomic mass is 10.2. The molecule has 1 N–H and O–H groups in total. The average molecular weight is 360 g/mol. The van der Waals surface area contributed by atoms with Crippen molar-refractivity contribution in [3.63, 3.8) is 0 Å². The summed E-state index contributed by atoms with van der Waals surface area (Å²) < 4.78 is 10.4. The highest BCUT2D eigenvalue weighted by Gasteiger charge is 2.07. The number of ether oxygens (including phenoxy) is 2. The van der Waals surface area contributed by atoms with Crippen molar-refractivity contribution >= 4 is 46.7 Å². The van der Waals surface area contributed by atoms with E-state index >= 15 is 0 Å². The largest absolute Gasteiger partial charge is 0.493 e.